The van der Waals surface area contributed by atoms with Crippen molar-refractivity contribution in [2.75, 3.05) is 10.0 Å². The Balaban J connectivity index is 1.08. The summed E-state index contributed by atoms with van der Waals surface area (Å²) in [5.74, 6) is -0.464. The normalized spacial score (nSPS) is 18.8. The van der Waals surface area contributed by atoms with Gasteiger partial charge in [0.25, 0.3) is 11.8 Å². The van der Waals surface area contributed by atoms with Crippen molar-refractivity contribution in [2.24, 2.45) is 30.7 Å². The van der Waals surface area contributed by atoms with Crippen LogP contribution in [0.25, 0.3) is 11.1 Å². The minimum absolute atomic E-state index is 0.232. The van der Waals surface area contributed by atoms with Crippen LogP contribution in [0, 0.1) is 0 Å². The quantitative estimate of drug-likeness (QED) is 0.227. The van der Waals surface area contributed by atoms with Crippen molar-refractivity contribution in [1.82, 2.24) is 0 Å². The molecular weight excluding hydrogens is 528 g/mol. The lowest BCUT2D eigenvalue weighted by Crippen LogP contribution is -2.29. The molecule has 0 aliphatic carbocycles. The van der Waals surface area contributed by atoms with E-state index in [2.05, 4.69) is 30.7 Å². The van der Waals surface area contributed by atoms with Gasteiger partial charge in [-0.05, 0) is 73.5 Å². The van der Waals surface area contributed by atoms with Crippen molar-refractivity contribution in [3.05, 3.63) is 109 Å². The Bertz CT molecular complexity index is 1600. The van der Waals surface area contributed by atoms with E-state index in [4.69, 9.17) is 0 Å². The molecule has 2 heterocycles. The number of amides is 2. The van der Waals surface area contributed by atoms with E-state index in [9.17, 15) is 9.59 Å². The van der Waals surface area contributed by atoms with E-state index in [0.717, 1.165) is 11.1 Å². The van der Waals surface area contributed by atoms with E-state index >= 15 is 0 Å². The lowest BCUT2D eigenvalue weighted by Gasteiger charge is -2.11. The van der Waals surface area contributed by atoms with Crippen LogP contribution in [0.3, 0.4) is 0 Å². The first-order valence-electron chi connectivity index (χ1n) is 13.4. The van der Waals surface area contributed by atoms with Crippen LogP contribution in [0.5, 0.6) is 0 Å². The zero-order chi connectivity index (χ0) is 29.1. The summed E-state index contributed by atoms with van der Waals surface area (Å²) in [4.78, 5) is 25.7. The topological polar surface area (TPSA) is 115 Å². The fraction of sp³-hybridized carbons (Fsp3) is 0.125. The Morgan fingerprint density at radius 2 is 0.881 bits per heavy atom. The minimum Gasteiger partial charge on any atom is -0.269 e. The van der Waals surface area contributed by atoms with Crippen molar-refractivity contribution < 1.29 is 9.59 Å². The summed E-state index contributed by atoms with van der Waals surface area (Å²) in [7, 11) is 0. The molecule has 2 atom stereocenters. The number of nitrogens with zero attached hydrogens (tertiary/aromatic N) is 8. The molecule has 0 radical (unpaired) electrons. The van der Waals surface area contributed by atoms with Crippen molar-refractivity contribution in [2.45, 2.75) is 25.9 Å². The molecule has 2 unspecified atom stereocenters. The predicted octanol–water partition coefficient (Wildman–Crippen LogP) is 7.10. The van der Waals surface area contributed by atoms with Gasteiger partial charge in [-0.15, -0.1) is 0 Å². The van der Waals surface area contributed by atoms with Gasteiger partial charge in [0.05, 0.1) is 34.2 Å². The van der Waals surface area contributed by atoms with Crippen LogP contribution in [0.4, 0.5) is 22.7 Å². The molecule has 0 fully saturated rings. The van der Waals surface area contributed by atoms with E-state index in [1.54, 1.807) is 13.8 Å². The van der Waals surface area contributed by atoms with Gasteiger partial charge in [0.15, 0.2) is 12.1 Å². The monoisotopic (exact) mass is 554 g/mol. The van der Waals surface area contributed by atoms with Crippen LogP contribution in [0.2, 0.25) is 0 Å². The summed E-state index contributed by atoms with van der Waals surface area (Å²) in [5.41, 5.74) is 5.80. The van der Waals surface area contributed by atoms with Gasteiger partial charge in [0.1, 0.15) is 0 Å². The maximum absolute atomic E-state index is 12.8. The first-order valence-corrected chi connectivity index (χ1v) is 13.4. The molecule has 0 aromatic heterocycles. The molecule has 2 aliphatic heterocycles. The second kappa shape index (κ2) is 11.5. The van der Waals surface area contributed by atoms with Crippen molar-refractivity contribution in [3.8, 4) is 11.1 Å². The van der Waals surface area contributed by atoms with E-state index in [1.165, 1.54) is 10.0 Å². The van der Waals surface area contributed by atoms with E-state index in [1.807, 2.05) is 109 Å². The molecule has 2 amide bonds. The average Bonchev–Trinajstić information content (AvgIpc) is 3.48. The molecule has 0 bridgehead atoms. The largest absolute Gasteiger partial charge is 0.280 e. The van der Waals surface area contributed by atoms with Crippen LogP contribution < -0.4 is 10.0 Å². The highest BCUT2D eigenvalue weighted by molar-refractivity contribution is 6.18. The van der Waals surface area contributed by atoms with Crippen LogP contribution in [-0.4, -0.2) is 35.3 Å². The molecule has 0 N–H and O–H groups in total. The van der Waals surface area contributed by atoms with Crippen LogP contribution in [0.15, 0.2) is 140 Å². The molecule has 0 saturated carbocycles. The number of hydrogen-bond acceptors (Lipinski definition) is 8. The Kier molecular flexibility index (Phi) is 7.25. The summed E-state index contributed by atoms with van der Waals surface area (Å²) in [6.45, 7) is 3.55. The summed E-state index contributed by atoms with van der Waals surface area (Å²) >= 11 is 0. The lowest BCUT2D eigenvalue weighted by atomic mass is 10.1. The number of hydrazone groups is 2. The smallest absolute Gasteiger partial charge is 0.269 e. The summed E-state index contributed by atoms with van der Waals surface area (Å²) < 4.78 is 0. The van der Waals surface area contributed by atoms with Crippen LogP contribution >= 0.6 is 0 Å². The zero-order valence-electron chi connectivity index (χ0n) is 22.9. The number of rotatable bonds is 7. The molecule has 4 aromatic rings. The van der Waals surface area contributed by atoms with Gasteiger partial charge < -0.3 is 0 Å². The number of azo groups is 2. The molecule has 206 valence electrons. The fourth-order valence-electron chi connectivity index (χ4n) is 4.58. The molecule has 0 saturated heterocycles. The highest BCUT2D eigenvalue weighted by Gasteiger charge is 2.35. The molecule has 0 spiro atoms. The number of anilines is 2. The molecular formula is C32H26N8O2. The third-order valence-electron chi connectivity index (χ3n) is 6.84. The zero-order valence-corrected chi connectivity index (χ0v) is 22.9. The highest BCUT2D eigenvalue weighted by Crippen LogP contribution is 2.28. The molecule has 2 aliphatic rings. The molecule has 6 rings (SSSR count). The summed E-state index contributed by atoms with van der Waals surface area (Å²) in [5, 5.41) is 28.6. The minimum atomic E-state index is -0.748. The van der Waals surface area contributed by atoms with Gasteiger partial charge in [-0.2, -0.15) is 40.7 Å². The SMILES string of the molecule is CC1=NN(c2ccccc2)C(=O)C1N=Nc1ccc(-c2ccc(N=NC3C(=O)N(c4ccccc4)N=C3C)cc2)cc1. The van der Waals surface area contributed by atoms with Gasteiger partial charge in [0, 0.05) is 0 Å². The van der Waals surface area contributed by atoms with Crippen molar-refractivity contribution >= 4 is 46.0 Å². The first kappa shape index (κ1) is 26.6. The number of carbonyl (C=O) groups is 2. The van der Waals surface area contributed by atoms with Gasteiger partial charge >= 0.3 is 0 Å². The molecule has 42 heavy (non-hydrogen) atoms. The average molecular weight is 555 g/mol. The van der Waals surface area contributed by atoms with Gasteiger partial charge in [-0.25, -0.2) is 0 Å². The van der Waals surface area contributed by atoms with Gasteiger partial charge in [-0.3, -0.25) is 9.59 Å². The maximum atomic E-state index is 12.8. The predicted molar refractivity (Wildman–Crippen MR) is 163 cm³/mol. The Morgan fingerprint density at radius 1 is 0.524 bits per heavy atom. The number of benzene rings is 4. The fourth-order valence-corrected chi connectivity index (χ4v) is 4.58. The second-order valence-corrected chi connectivity index (χ2v) is 9.78. The number of para-hydroxylation sites is 2. The summed E-state index contributed by atoms with van der Waals surface area (Å²) in [6.07, 6.45) is 0. The van der Waals surface area contributed by atoms with Crippen molar-refractivity contribution in [1.29, 1.82) is 0 Å². The Labute approximate surface area is 242 Å². The second-order valence-electron chi connectivity index (χ2n) is 9.78. The number of hydrogen-bond donors (Lipinski definition) is 0. The molecule has 4 aromatic carbocycles. The van der Waals surface area contributed by atoms with E-state index < -0.39 is 12.1 Å². The molecule has 10 heteroatoms. The third-order valence-corrected chi connectivity index (χ3v) is 6.84. The Morgan fingerprint density at radius 3 is 1.24 bits per heavy atom. The van der Waals surface area contributed by atoms with E-state index in [0.29, 0.717) is 34.2 Å². The highest BCUT2D eigenvalue weighted by atomic mass is 16.2. The summed E-state index contributed by atoms with van der Waals surface area (Å²) in [6, 6.07) is 32.2. The van der Waals surface area contributed by atoms with Crippen LogP contribution in [0.1, 0.15) is 13.8 Å². The van der Waals surface area contributed by atoms with Crippen molar-refractivity contribution in [3.63, 3.8) is 0 Å². The Hall–Kier alpha value is -5.64. The van der Waals surface area contributed by atoms with Crippen LogP contribution in [-0.2, 0) is 9.59 Å². The third kappa shape index (κ3) is 5.37. The maximum Gasteiger partial charge on any atom is 0.280 e. The molecule has 10 nitrogen and oxygen atoms in total. The van der Waals surface area contributed by atoms with Gasteiger partial charge in [0.2, 0.25) is 0 Å². The van der Waals surface area contributed by atoms with Gasteiger partial charge in [-0.1, -0.05) is 60.7 Å². The number of carbonyl (C=O) groups excluding carboxylic acids is 2. The standard InChI is InChI=1S/C32H26N8O2/c1-21-29(31(41)39(37-21)27-9-5-3-6-10-27)35-33-25-17-13-23(14-18-25)24-15-19-26(20-16-24)34-36-30-22(2)38-40(32(30)42)28-11-7-4-8-12-28/h3-20,29-30H,1-2H3. The first-order chi connectivity index (χ1) is 20.5. The van der Waals surface area contributed by atoms with E-state index in [-0.39, 0.29) is 11.8 Å². The lowest BCUT2D eigenvalue weighted by molar-refractivity contribution is -0.118.